The van der Waals surface area contributed by atoms with E-state index in [9.17, 15) is 4.79 Å². The van der Waals surface area contributed by atoms with Crippen molar-refractivity contribution < 1.29 is 4.79 Å². The average Bonchev–Trinajstić information content (AvgIpc) is 3.35. The number of nitrogens with one attached hydrogen (secondary N) is 1. The van der Waals surface area contributed by atoms with E-state index in [-0.39, 0.29) is 5.91 Å². The van der Waals surface area contributed by atoms with Crippen LogP contribution in [-0.4, -0.2) is 95.3 Å². The lowest BCUT2D eigenvalue weighted by Gasteiger charge is -2.44. The highest BCUT2D eigenvalue weighted by Gasteiger charge is 2.34. The van der Waals surface area contributed by atoms with Gasteiger partial charge in [0.2, 0.25) is 11.9 Å². The maximum atomic E-state index is 12.1. The Bertz CT molecular complexity index is 1330. The van der Waals surface area contributed by atoms with E-state index in [1.54, 1.807) is 0 Å². The third kappa shape index (κ3) is 4.25. The minimum Gasteiger partial charge on any atom is -0.353 e. The monoisotopic (exact) mass is 500 g/mol. The minimum absolute atomic E-state index is 0.00648. The molecular weight excluding hydrogens is 464 g/mol. The molecule has 1 aromatic carbocycles. The Morgan fingerprint density at radius 1 is 1.14 bits per heavy atom. The number of H-pyrrole nitrogens is 1. The lowest BCUT2D eigenvalue weighted by molar-refractivity contribution is -0.126. The fourth-order valence-electron chi connectivity index (χ4n) is 6.14. The minimum atomic E-state index is 0.00648. The number of carbonyl (C=O) groups excluding carboxylic acids is 1. The number of aromatic nitrogens is 4. The molecule has 1 N–H and O–H groups in total. The molecule has 1 atom stereocenters. The smallest absolute Gasteiger partial charge is 0.246 e. The molecular formula is C28H36N8O. The number of aromatic amines is 1. The first-order valence-electron chi connectivity index (χ1n) is 13.3. The predicted octanol–water partition coefficient (Wildman–Crippen LogP) is 2.52. The number of anilines is 2. The summed E-state index contributed by atoms with van der Waals surface area (Å²) < 4.78 is 0. The van der Waals surface area contributed by atoms with E-state index in [1.165, 1.54) is 33.8 Å². The van der Waals surface area contributed by atoms with Crippen molar-refractivity contribution in [2.45, 2.75) is 38.1 Å². The molecule has 1 unspecified atom stereocenters. The van der Waals surface area contributed by atoms with Crippen LogP contribution in [0.15, 0.2) is 31.0 Å². The summed E-state index contributed by atoms with van der Waals surface area (Å²) in [6.07, 6.45) is 6.30. The molecule has 9 nitrogen and oxygen atoms in total. The van der Waals surface area contributed by atoms with Gasteiger partial charge in [0.1, 0.15) is 5.82 Å². The Hall–Kier alpha value is -3.46. The topological polar surface area (TPSA) is 84.5 Å². The van der Waals surface area contributed by atoms with Crippen LogP contribution in [0.2, 0.25) is 0 Å². The van der Waals surface area contributed by atoms with Crippen molar-refractivity contribution in [1.82, 2.24) is 30.0 Å². The first-order chi connectivity index (χ1) is 17.9. The highest BCUT2D eigenvalue weighted by Crippen LogP contribution is 2.40. The Labute approximate surface area is 218 Å². The van der Waals surface area contributed by atoms with E-state index < -0.39 is 0 Å². The molecule has 1 amide bonds. The van der Waals surface area contributed by atoms with Crippen molar-refractivity contribution in [3.63, 3.8) is 0 Å². The van der Waals surface area contributed by atoms with Crippen LogP contribution in [0.5, 0.6) is 0 Å². The summed E-state index contributed by atoms with van der Waals surface area (Å²) in [6, 6.07) is 4.86. The zero-order chi connectivity index (χ0) is 25.7. The van der Waals surface area contributed by atoms with Crippen LogP contribution in [0.3, 0.4) is 0 Å². The molecule has 9 heteroatoms. The molecule has 2 fully saturated rings. The van der Waals surface area contributed by atoms with Gasteiger partial charge < -0.3 is 19.6 Å². The van der Waals surface area contributed by atoms with E-state index in [1.807, 2.05) is 11.1 Å². The maximum absolute atomic E-state index is 12.1. The van der Waals surface area contributed by atoms with E-state index in [0.717, 1.165) is 62.7 Å². The van der Waals surface area contributed by atoms with Gasteiger partial charge in [-0.25, -0.2) is 4.98 Å². The molecule has 0 bridgehead atoms. The highest BCUT2D eigenvalue weighted by molar-refractivity contribution is 5.87. The van der Waals surface area contributed by atoms with Crippen LogP contribution in [0.4, 0.5) is 11.8 Å². The Balaban J connectivity index is 1.33. The first-order valence-corrected chi connectivity index (χ1v) is 13.3. The molecule has 1 aliphatic carbocycles. The number of piperazine rings is 1. The number of nitrogens with zero attached hydrogens (tertiary/aromatic N) is 7. The van der Waals surface area contributed by atoms with Crippen LogP contribution < -0.4 is 9.80 Å². The van der Waals surface area contributed by atoms with Crippen LogP contribution in [0, 0.1) is 6.92 Å². The molecule has 2 aromatic heterocycles. The van der Waals surface area contributed by atoms with Gasteiger partial charge in [-0.1, -0.05) is 12.6 Å². The van der Waals surface area contributed by atoms with Crippen LogP contribution in [0.1, 0.15) is 34.7 Å². The molecule has 2 saturated heterocycles. The van der Waals surface area contributed by atoms with Crippen molar-refractivity contribution in [2.24, 2.45) is 0 Å². The lowest BCUT2D eigenvalue weighted by Crippen LogP contribution is -2.58. The summed E-state index contributed by atoms with van der Waals surface area (Å²) in [5.74, 6) is 2.32. The highest BCUT2D eigenvalue weighted by atomic mass is 16.2. The predicted molar refractivity (Wildman–Crippen MR) is 146 cm³/mol. The number of benzene rings is 1. The number of fused-ring (bicyclic) bond motifs is 2. The summed E-state index contributed by atoms with van der Waals surface area (Å²) in [7, 11) is 4.27. The fraction of sp³-hybridized carbons (Fsp3) is 0.500. The van der Waals surface area contributed by atoms with Gasteiger partial charge in [0.05, 0.1) is 17.4 Å². The Morgan fingerprint density at radius 3 is 2.65 bits per heavy atom. The number of amides is 1. The van der Waals surface area contributed by atoms with Crippen molar-refractivity contribution in [3.8, 4) is 0 Å². The number of aryl methyl sites for hydroxylation is 1. The van der Waals surface area contributed by atoms with Crippen molar-refractivity contribution in [3.05, 3.63) is 53.4 Å². The largest absolute Gasteiger partial charge is 0.353 e. The SMILES string of the molecule is C=CC(=O)N1CCN(c2nc(N3CC(N(C)C)C3)nc3c2CCC(c2c(C)ccc4[nH]ncc24)C3)CC1. The van der Waals surface area contributed by atoms with E-state index >= 15 is 0 Å². The summed E-state index contributed by atoms with van der Waals surface area (Å²) in [5.41, 5.74) is 6.26. The molecule has 194 valence electrons. The van der Waals surface area contributed by atoms with Gasteiger partial charge >= 0.3 is 0 Å². The van der Waals surface area contributed by atoms with E-state index in [2.05, 4.69) is 64.6 Å². The second-order valence-electron chi connectivity index (χ2n) is 10.9. The molecule has 3 aromatic rings. The number of carbonyl (C=O) groups is 1. The summed E-state index contributed by atoms with van der Waals surface area (Å²) in [5, 5.41) is 8.68. The summed E-state index contributed by atoms with van der Waals surface area (Å²) in [4.78, 5) is 31.3. The summed E-state index contributed by atoms with van der Waals surface area (Å²) >= 11 is 0. The number of hydrogen-bond acceptors (Lipinski definition) is 7. The molecule has 4 heterocycles. The molecule has 0 saturated carbocycles. The van der Waals surface area contributed by atoms with Gasteiger partial charge in [-0.05, 0) is 69.5 Å². The van der Waals surface area contributed by atoms with Crippen LogP contribution in [0.25, 0.3) is 10.9 Å². The van der Waals surface area contributed by atoms with Crippen LogP contribution >= 0.6 is 0 Å². The molecule has 0 spiro atoms. The van der Waals surface area contributed by atoms with E-state index in [0.29, 0.717) is 25.0 Å². The molecule has 3 aliphatic rings. The second kappa shape index (κ2) is 9.45. The van der Waals surface area contributed by atoms with Gasteiger partial charge in [-0.3, -0.25) is 9.89 Å². The van der Waals surface area contributed by atoms with Gasteiger partial charge in [0.15, 0.2) is 0 Å². The first kappa shape index (κ1) is 23.9. The second-order valence-corrected chi connectivity index (χ2v) is 10.9. The third-order valence-electron chi connectivity index (χ3n) is 8.47. The zero-order valence-corrected chi connectivity index (χ0v) is 22.1. The lowest BCUT2D eigenvalue weighted by atomic mass is 9.79. The van der Waals surface area contributed by atoms with Gasteiger partial charge in [-0.2, -0.15) is 10.1 Å². The normalized spacial score (nSPS) is 20.3. The molecule has 6 rings (SSSR count). The molecule has 2 aliphatic heterocycles. The standard InChI is InChI=1S/C28H36N8O/c1-5-25(37)34-10-12-35(13-11-34)27-21-8-7-19(26-18(2)6-9-23-22(26)15-29-32-23)14-24(21)30-28(31-27)36-16-20(17-36)33(3)4/h5-6,9,15,19-20H,1,7-8,10-14,16-17H2,2-4H3,(H,29,32). The van der Waals surface area contributed by atoms with E-state index in [4.69, 9.17) is 9.97 Å². The van der Waals surface area contributed by atoms with Gasteiger partial charge in [0.25, 0.3) is 0 Å². The number of likely N-dealkylation sites (N-methyl/N-ethyl adjacent to an activating group) is 1. The van der Waals surface area contributed by atoms with Gasteiger partial charge in [-0.15, -0.1) is 0 Å². The zero-order valence-electron chi connectivity index (χ0n) is 22.1. The third-order valence-corrected chi connectivity index (χ3v) is 8.47. The fourth-order valence-corrected chi connectivity index (χ4v) is 6.14. The van der Waals surface area contributed by atoms with Crippen molar-refractivity contribution in [1.29, 1.82) is 0 Å². The van der Waals surface area contributed by atoms with Crippen molar-refractivity contribution >= 4 is 28.6 Å². The molecule has 37 heavy (non-hydrogen) atoms. The Morgan fingerprint density at radius 2 is 1.92 bits per heavy atom. The maximum Gasteiger partial charge on any atom is 0.246 e. The van der Waals surface area contributed by atoms with Gasteiger partial charge in [0, 0.05) is 56.3 Å². The summed E-state index contributed by atoms with van der Waals surface area (Å²) in [6.45, 7) is 10.7. The van der Waals surface area contributed by atoms with Crippen LogP contribution in [-0.2, 0) is 17.6 Å². The molecule has 0 radical (unpaired) electrons. The number of hydrogen-bond donors (Lipinski definition) is 1. The Kier molecular flexibility index (Phi) is 6.10. The number of rotatable bonds is 5. The average molecular weight is 501 g/mol. The quantitative estimate of drug-likeness (QED) is 0.539. The van der Waals surface area contributed by atoms with Crippen molar-refractivity contribution in [2.75, 3.05) is 63.2 Å².